The zero-order valence-corrected chi connectivity index (χ0v) is 31.9. The van der Waals surface area contributed by atoms with Gasteiger partial charge in [0.25, 0.3) is 17.7 Å². The molecular weight excluding hydrogens is 720 g/mol. The van der Waals surface area contributed by atoms with Gasteiger partial charge in [-0.3, -0.25) is 43.8 Å². The lowest BCUT2D eigenvalue weighted by Gasteiger charge is -2.44. The van der Waals surface area contributed by atoms with Crippen molar-refractivity contribution < 1.29 is 33.9 Å². The molecule has 1 aromatic carbocycles. The van der Waals surface area contributed by atoms with Gasteiger partial charge in [-0.15, -0.1) is 0 Å². The molecular formula is C36H51ClN10O7. The first-order valence-electron chi connectivity index (χ1n) is 19.1. The third-order valence-corrected chi connectivity index (χ3v) is 12.0. The molecule has 18 heteroatoms. The van der Waals surface area contributed by atoms with Crippen molar-refractivity contribution in [2.24, 2.45) is 5.92 Å². The first-order valence-corrected chi connectivity index (χ1v) is 19.5. The Hall–Kier alpha value is -4.03. The number of aliphatic hydroxyl groups is 1. The quantitative estimate of drug-likeness (QED) is 0.232. The Bertz CT molecular complexity index is 1710. The Morgan fingerprint density at radius 1 is 0.778 bits per heavy atom. The Morgan fingerprint density at radius 2 is 1.33 bits per heavy atom. The number of benzene rings is 1. The second kappa shape index (κ2) is 14.9. The van der Waals surface area contributed by atoms with Crippen LogP contribution < -0.4 is 26.9 Å². The second-order valence-corrected chi connectivity index (χ2v) is 16.2. The number of rotatable bonds is 2. The number of likely N-dealkylation sites (N-methyl/N-ethyl adjacent to an activating group) is 1. The van der Waals surface area contributed by atoms with Crippen molar-refractivity contribution in [2.75, 3.05) is 32.0 Å². The van der Waals surface area contributed by atoms with Crippen LogP contribution in [0.25, 0.3) is 0 Å². The van der Waals surface area contributed by atoms with E-state index < -0.39 is 83.5 Å². The van der Waals surface area contributed by atoms with Crippen LogP contribution in [0.3, 0.4) is 0 Å². The summed E-state index contributed by atoms with van der Waals surface area (Å²) in [5.74, 6) is -3.29. The van der Waals surface area contributed by atoms with Crippen LogP contribution in [0.5, 0.6) is 0 Å². The average molecular weight is 771 g/mol. The minimum Gasteiger partial charge on any atom is -0.381 e. The summed E-state index contributed by atoms with van der Waals surface area (Å²) in [7, 11) is 1.50. The summed E-state index contributed by atoms with van der Waals surface area (Å²) in [5.41, 5.74) is 8.49. The first kappa shape index (κ1) is 38.3. The number of hydrogen-bond acceptors (Lipinski definition) is 11. The van der Waals surface area contributed by atoms with Crippen molar-refractivity contribution in [2.45, 2.75) is 120 Å². The maximum absolute atomic E-state index is 15.0. The minimum atomic E-state index is -1.71. The molecule has 5 saturated heterocycles. The molecule has 6 aliphatic heterocycles. The fraction of sp³-hybridized carbons (Fsp3) is 0.667. The Kier molecular flexibility index (Phi) is 10.6. The van der Waals surface area contributed by atoms with E-state index in [1.807, 2.05) is 13.8 Å². The summed E-state index contributed by atoms with van der Waals surface area (Å²) in [4.78, 5) is 89.6. The maximum atomic E-state index is 15.0. The van der Waals surface area contributed by atoms with Crippen LogP contribution >= 0.6 is 11.6 Å². The van der Waals surface area contributed by atoms with E-state index in [0.29, 0.717) is 68.0 Å². The van der Waals surface area contributed by atoms with Crippen molar-refractivity contribution in [3.8, 4) is 0 Å². The van der Waals surface area contributed by atoms with Gasteiger partial charge >= 0.3 is 0 Å². The van der Waals surface area contributed by atoms with E-state index >= 15 is 0 Å². The molecule has 7 rings (SSSR count). The van der Waals surface area contributed by atoms with Gasteiger partial charge in [-0.1, -0.05) is 31.5 Å². The van der Waals surface area contributed by atoms with Gasteiger partial charge in [-0.2, -0.15) is 0 Å². The van der Waals surface area contributed by atoms with E-state index in [9.17, 15) is 33.9 Å². The van der Waals surface area contributed by atoms with Crippen molar-refractivity contribution in [3.05, 3.63) is 28.8 Å². The predicted molar refractivity (Wildman–Crippen MR) is 195 cm³/mol. The fourth-order valence-electron chi connectivity index (χ4n) is 8.87. The van der Waals surface area contributed by atoms with E-state index in [0.717, 1.165) is 0 Å². The molecule has 8 unspecified atom stereocenters. The number of anilines is 1. The molecule has 0 spiro atoms. The lowest BCUT2D eigenvalue weighted by atomic mass is 9.91. The third-order valence-electron chi connectivity index (χ3n) is 11.8. The molecule has 294 valence electrons. The molecule has 1 aromatic rings. The van der Waals surface area contributed by atoms with Crippen LogP contribution in [-0.4, -0.2) is 134 Å². The summed E-state index contributed by atoms with van der Waals surface area (Å²) in [6.07, 6.45) is 1.55. The molecule has 8 atom stereocenters. The van der Waals surface area contributed by atoms with Crippen LogP contribution in [0, 0.1) is 5.92 Å². The van der Waals surface area contributed by atoms with Crippen LogP contribution in [0.4, 0.5) is 5.69 Å². The molecule has 0 saturated carbocycles. The van der Waals surface area contributed by atoms with Crippen molar-refractivity contribution >= 4 is 52.7 Å². The van der Waals surface area contributed by atoms with E-state index in [1.165, 1.54) is 31.9 Å². The van der Waals surface area contributed by atoms with Crippen LogP contribution in [0.15, 0.2) is 18.2 Å². The zero-order valence-electron chi connectivity index (χ0n) is 31.1. The van der Waals surface area contributed by atoms with Gasteiger partial charge in [-0.05, 0) is 69.9 Å². The van der Waals surface area contributed by atoms with Gasteiger partial charge in [0, 0.05) is 49.4 Å². The largest absolute Gasteiger partial charge is 0.381 e. The SMILES string of the molecule is CC(C)CC1NC(=O)C2CC3(O)c4ccc(Cl)cc4NC3N2C(=O)C2CCCNN2C(=O)C(C)N(C)C(=O)C2CCCNN2C(=O)C2CCCNN2C1=O. The zero-order chi connectivity index (χ0) is 38.6. The Labute approximate surface area is 319 Å². The highest BCUT2D eigenvalue weighted by molar-refractivity contribution is 6.31. The van der Waals surface area contributed by atoms with Gasteiger partial charge in [0.1, 0.15) is 48.0 Å². The summed E-state index contributed by atoms with van der Waals surface area (Å²) in [5, 5.41) is 22.7. The highest BCUT2D eigenvalue weighted by Gasteiger charge is 2.62. The first-order chi connectivity index (χ1) is 25.7. The van der Waals surface area contributed by atoms with Gasteiger partial charge < -0.3 is 25.5 Å². The standard InChI is InChI=1S/C36H51ClN10O7/c1-19(2)16-24-31(50)46-27(10-7-14-39-46)34(53)47-25(8-5-15-40-47)32(51)43(4)20(3)30(49)45-26(9-6-13-38-45)33(52)44-28(29(48)41-24)18-36(54)22-12-11-21(37)17-23(22)42-35(36)44/h11-12,17,19-20,24-28,35,38-40,42,54H,5-10,13-16,18H2,1-4H3,(H,41,48). The summed E-state index contributed by atoms with van der Waals surface area (Å²) in [6, 6.07) is -1.50. The predicted octanol–water partition coefficient (Wildman–Crippen LogP) is -0.242. The highest BCUT2D eigenvalue weighted by atomic mass is 35.5. The molecule has 6 aliphatic rings. The summed E-state index contributed by atoms with van der Waals surface area (Å²) >= 11 is 6.31. The lowest BCUT2D eigenvalue weighted by molar-refractivity contribution is -0.165. The van der Waals surface area contributed by atoms with Crippen LogP contribution in [0.1, 0.15) is 77.7 Å². The topological polar surface area (TPSA) is 199 Å². The normalized spacial score (nSPS) is 34.0. The Morgan fingerprint density at radius 3 is 1.94 bits per heavy atom. The molecule has 5 fully saturated rings. The van der Waals surface area contributed by atoms with Crippen molar-refractivity contribution in [1.29, 1.82) is 0 Å². The van der Waals surface area contributed by atoms with E-state index in [-0.39, 0.29) is 25.2 Å². The Balaban J connectivity index is 1.32. The summed E-state index contributed by atoms with van der Waals surface area (Å²) in [6.45, 7) is 6.63. The molecule has 54 heavy (non-hydrogen) atoms. The number of halogens is 1. The van der Waals surface area contributed by atoms with Gasteiger partial charge in [-0.25, -0.2) is 16.3 Å². The van der Waals surface area contributed by atoms with Crippen molar-refractivity contribution in [1.82, 2.24) is 46.4 Å². The molecule has 17 nitrogen and oxygen atoms in total. The average Bonchev–Trinajstić information content (AvgIpc) is 3.62. The number of carbonyl (C=O) groups excluding carboxylic acids is 6. The number of nitrogens with one attached hydrogen (secondary N) is 5. The maximum Gasteiger partial charge on any atom is 0.261 e. The number of hydrogen-bond donors (Lipinski definition) is 6. The number of carbonyl (C=O) groups is 6. The molecule has 6 N–H and O–H groups in total. The molecule has 0 aliphatic carbocycles. The molecule has 0 radical (unpaired) electrons. The second-order valence-electron chi connectivity index (χ2n) is 15.8. The lowest BCUT2D eigenvalue weighted by Crippen LogP contribution is -2.69. The van der Waals surface area contributed by atoms with E-state index in [1.54, 1.807) is 25.1 Å². The fourth-order valence-corrected chi connectivity index (χ4v) is 9.05. The van der Waals surface area contributed by atoms with E-state index in [2.05, 4.69) is 26.9 Å². The number of hydrazine groups is 3. The van der Waals surface area contributed by atoms with Crippen LogP contribution in [-0.2, 0) is 34.4 Å². The van der Waals surface area contributed by atoms with Crippen molar-refractivity contribution in [3.63, 3.8) is 0 Å². The van der Waals surface area contributed by atoms with E-state index in [4.69, 9.17) is 11.6 Å². The van der Waals surface area contributed by atoms with Gasteiger partial charge in [0.2, 0.25) is 17.7 Å². The summed E-state index contributed by atoms with van der Waals surface area (Å²) < 4.78 is 0. The number of fused-ring (bicyclic) bond motifs is 8. The number of amides is 6. The monoisotopic (exact) mass is 770 g/mol. The molecule has 6 amide bonds. The van der Waals surface area contributed by atoms with Crippen LogP contribution in [0.2, 0.25) is 5.02 Å². The minimum absolute atomic E-state index is 0.0598. The van der Waals surface area contributed by atoms with Gasteiger partial charge in [0.05, 0.1) is 0 Å². The molecule has 6 heterocycles. The third kappa shape index (κ3) is 6.56. The van der Waals surface area contributed by atoms with Gasteiger partial charge in [0.15, 0.2) is 0 Å². The number of nitrogens with zero attached hydrogens (tertiary/aromatic N) is 5. The highest BCUT2D eigenvalue weighted by Crippen LogP contribution is 2.50. The molecule has 0 bridgehead atoms. The molecule has 0 aromatic heterocycles. The smallest absolute Gasteiger partial charge is 0.261 e.